The van der Waals surface area contributed by atoms with Crippen molar-refractivity contribution in [3.8, 4) is 17.4 Å². The first-order valence-corrected chi connectivity index (χ1v) is 9.03. The molecule has 1 aliphatic rings. The van der Waals surface area contributed by atoms with Gasteiger partial charge in [0.15, 0.2) is 0 Å². The Morgan fingerprint density at radius 3 is 2.71 bits per heavy atom. The summed E-state index contributed by atoms with van der Waals surface area (Å²) >= 11 is 0.784. The summed E-state index contributed by atoms with van der Waals surface area (Å²) in [6.45, 7) is 0.0568. The van der Waals surface area contributed by atoms with Crippen LogP contribution in [0, 0.1) is 0 Å². The number of aromatic hydroxyl groups is 1. The third kappa shape index (κ3) is 3.47. The Balaban J connectivity index is 1.77. The van der Waals surface area contributed by atoms with Gasteiger partial charge >= 0.3 is 5.56 Å². The fourth-order valence-electron chi connectivity index (χ4n) is 2.71. The van der Waals surface area contributed by atoms with Gasteiger partial charge in [0.25, 0.3) is 17.0 Å². The highest BCUT2D eigenvalue weighted by atomic mass is 32.2. The molecular weight excluding hydrogens is 382 g/mol. The van der Waals surface area contributed by atoms with E-state index in [1.165, 1.54) is 22.8 Å². The van der Waals surface area contributed by atoms with Gasteiger partial charge in [0.1, 0.15) is 11.5 Å². The molecule has 3 aromatic rings. The fraction of sp³-hybridized carbons (Fsp3) is 0.0526. The number of hydrogen-bond acceptors (Lipinski definition) is 7. The molecular formula is C19H13N3O5S. The van der Waals surface area contributed by atoms with Gasteiger partial charge in [-0.15, -0.1) is 0 Å². The summed E-state index contributed by atoms with van der Waals surface area (Å²) < 4.78 is 6.99. The Labute approximate surface area is 162 Å². The number of para-hydroxylation sites is 2. The number of hydrogen-bond donors (Lipinski definition) is 2. The van der Waals surface area contributed by atoms with E-state index in [4.69, 9.17) is 4.74 Å². The number of phenolic OH excluding ortho intramolecular Hbond substituents is 1. The quantitative estimate of drug-likeness (QED) is 0.654. The Morgan fingerprint density at radius 1 is 1.14 bits per heavy atom. The zero-order valence-corrected chi connectivity index (χ0v) is 15.1. The number of imide groups is 1. The summed E-state index contributed by atoms with van der Waals surface area (Å²) in [5, 5.41) is 11.3. The molecule has 140 valence electrons. The first-order chi connectivity index (χ1) is 13.5. The highest BCUT2D eigenvalue weighted by molar-refractivity contribution is 8.18. The van der Waals surface area contributed by atoms with Crippen LogP contribution >= 0.6 is 11.8 Å². The van der Waals surface area contributed by atoms with Gasteiger partial charge in [0.05, 0.1) is 15.9 Å². The molecule has 28 heavy (non-hydrogen) atoms. The third-order valence-electron chi connectivity index (χ3n) is 3.96. The van der Waals surface area contributed by atoms with E-state index < -0.39 is 16.7 Å². The van der Waals surface area contributed by atoms with Crippen molar-refractivity contribution < 1.29 is 19.4 Å². The molecule has 9 heteroatoms. The molecule has 0 saturated carbocycles. The van der Waals surface area contributed by atoms with Gasteiger partial charge in [-0.05, 0) is 42.1 Å². The van der Waals surface area contributed by atoms with E-state index in [0.29, 0.717) is 11.0 Å². The molecule has 8 nitrogen and oxygen atoms in total. The fourth-order valence-corrected chi connectivity index (χ4v) is 3.36. The van der Waals surface area contributed by atoms with Gasteiger partial charge < -0.3 is 9.84 Å². The Hall–Kier alpha value is -3.59. The lowest BCUT2D eigenvalue weighted by Crippen LogP contribution is -2.23. The third-order valence-corrected chi connectivity index (χ3v) is 4.82. The van der Waals surface area contributed by atoms with Crippen LogP contribution in [0.25, 0.3) is 11.0 Å². The topological polar surface area (TPSA) is 111 Å². The molecule has 2 amide bonds. The Morgan fingerprint density at radius 2 is 1.96 bits per heavy atom. The van der Waals surface area contributed by atoms with Crippen molar-refractivity contribution in [2.45, 2.75) is 6.54 Å². The van der Waals surface area contributed by atoms with Gasteiger partial charge in [-0.1, -0.05) is 18.2 Å². The van der Waals surface area contributed by atoms with E-state index in [1.54, 1.807) is 36.4 Å². The number of nitrogens with one attached hydrogen (secondary N) is 1. The molecule has 4 rings (SSSR count). The number of aromatic nitrogens is 2. The van der Waals surface area contributed by atoms with Crippen molar-refractivity contribution in [3.63, 3.8) is 0 Å². The number of nitrogens with zero attached hydrogens (tertiary/aromatic N) is 2. The minimum atomic E-state index is -0.506. The number of ether oxygens (including phenoxy) is 1. The second kappa shape index (κ2) is 7.20. The van der Waals surface area contributed by atoms with E-state index >= 15 is 0 Å². The van der Waals surface area contributed by atoms with Crippen molar-refractivity contribution in [3.05, 3.63) is 69.9 Å². The van der Waals surface area contributed by atoms with Crippen molar-refractivity contribution in [1.29, 1.82) is 0 Å². The van der Waals surface area contributed by atoms with E-state index in [1.807, 2.05) is 0 Å². The summed E-state index contributed by atoms with van der Waals surface area (Å²) in [6.07, 6.45) is 1.51. The highest BCUT2D eigenvalue weighted by Crippen LogP contribution is 2.25. The van der Waals surface area contributed by atoms with Crippen molar-refractivity contribution >= 4 is 33.9 Å². The van der Waals surface area contributed by atoms with Crippen LogP contribution < -0.4 is 15.6 Å². The van der Waals surface area contributed by atoms with Crippen LogP contribution in [0.4, 0.5) is 4.79 Å². The standard InChI is InChI=1S/C19H13N3O5S/c23-11-4-3-5-12(10-11)27-17-18(25)22(14-7-2-1-6-13(14)20-17)9-8-15-16(24)21-19(26)28-15/h1-8,10,23H,9H2,(H,21,24,26)/b15-8+. The summed E-state index contributed by atoms with van der Waals surface area (Å²) in [4.78, 5) is 40.5. The lowest BCUT2D eigenvalue weighted by Gasteiger charge is -2.11. The maximum Gasteiger partial charge on any atom is 0.314 e. The molecule has 0 bridgehead atoms. The molecule has 0 unspecified atom stereocenters. The van der Waals surface area contributed by atoms with E-state index in [2.05, 4.69) is 10.3 Å². The molecule has 1 fully saturated rings. The van der Waals surface area contributed by atoms with Crippen molar-refractivity contribution in [2.75, 3.05) is 0 Å². The average Bonchev–Trinajstić information content (AvgIpc) is 2.99. The number of allylic oxidation sites excluding steroid dienone is 1. The lowest BCUT2D eigenvalue weighted by atomic mass is 10.3. The summed E-state index contributed by atoms with van der Waals surface area (Å²) in [6, 6.07) is 13.0. The van der Waals surface area contributed by atoms with Gasteiger partial charge in [0, 0.05) is 12.6 Å². The van der Waals surface area contributed by atoms with E-state index in [9.17, 15) is 19.5 Å². The van der Waals surface area contributed by atoms with Gasteiger partial charge in [0.2, 0.25) is 0 Å². The number of fused-ring (bicyclic) bond motifs is 1. The van der Waals surface area contributed by atoms with Crippen LogP contribution in [0.3, 0.4) is 0 Å². The molecule has 2 aromatic carbocycles. The van der Waals surface area contributed by atoms with E-state index in [0.717, 1.165) is 11.8 Å². The lowest BCUT2D eigenvalue weighted by molar-refractivity contribution is -0.115. The number of phenols is 1. The number of amides is 2. The maximum absolute atomic E-state index is 12.9. The minimum Gasteiger partial charge on any atom is -0.508 e. The summed E-state index contributed by atoms with van der Waals surface area (Å²) in [5.41, 5.74) is 0.575. The average molecular weight is 395 g/mol. The van der Waals surface area contributed by atoms with E-state index in [-0.39, 0.29) is 28.8 Å². The van der Waals surface area contributed by atoms with Crippen LogP contribution in [0.2, 0.25) is 0 Å². The number of rotatable bonds is 4. The molecule has 2 N–H and O–H groups in total. The smallest absolute Gasteiger partial charge is 0.314 e. The number of carbonyl (C=O) groups excluding carboxylic acids is 2. The Kier molecular flexibility index (Phi) is 4.58. The first-order valence-electron chi connectivity index (χ1n) is 8.21. The molecule has 1 saturated heterocycles. The van der Waals surface area contributed by atoms with Gasteiger partial charge in [-0.3, -0.25) is 24.3 Å². The van der Waals surface area contributed by atoms with Crippen LogP contribution in [-0.2, 0) is 11.3 Å². The number of benzene rings is 2. The Bertz CT molecular complexity index is 1200. The van der Waals surface area contributed by atoms with Crippen molar-refractivity contribution in [1.82, 2.24) is 14.9 Å². The SMILES string of the molecule is O=C1NC(=O)/C(=C\Cn2c(=O)c(Oc3cccc(O)c3)nc3ccccc32)S1. The second-order valence-corrected chi connectivity index (χ2v) is 6.85. The van der Waals surface area contributed by atoms with Crippen LogP contribution in [-0.4, -0.2) is 25.8 Å². The van der Waals surface area contributed by atoms with Gasteiger partial charge in [-0.2, -0.15) is 0 Å². The zero-order valence-electron chi connectivity index (χ0n) is 14.3. The predicted octanol–water partition coefficient (Wildman–Crippen LogP) is 2.76. The normalized spacial score (nSPS) is 15.2. The molecule has 1 aliphatic heterocycles. The second-order valence-electron chi connectivity index (χ2n) is 5.83. The first kappa shape index (κ1) is 17.8. The molecule has 0 atom stereocenters. The molecule has 0 aliphatic carbocycles. The molecule has 2 heterocycles. The number of thioether (sulfide) groups is 1. The highest BCUT2D eigenvalue weighted by Gasteiger charge is 2.25. The molecule has 0 radical (unpaired) electrons. The van der Waals surface area contributed by atoms with Crippen molar-refractivity contribution in [2.24, 2.45) is 0 Å². The maximum atomic E-state index is 12.9. The largest absolute Gasteiger partial charge is 0.508 e. The van der Waals surface area contributed by atoms with Crippen LogP contribution in [0.5, 0.6) is 17.4 Å². The monoisotopic (exact) mass is 395 g/mol. The van der Waals surface area contributed by atoms with Crippen LogP contribution in [0.15, 0.2) is 64.3 Å². The predicted molar refractivity (Wildman–Crippen MR) is 103 cm³/mol. The summed E-state index contributed by atoms with van der Waals surface area (Å²) in [7, 11) is 0. The summed E-state index contributed by atoms with van der Waals surface area (Å²) in [5.74, 6) is -0.390. The molecule has 1 aromatic heterocycles. The molecule has 0 spiro atoms. The minimum absolute atomic E-state index is 0.00251. The zero-order chi connectivity index (χ0) is 19.7. The number of carbonyl (C=O) groups is 2. The van der Waals surface area contributed by atoms with Gasteiger partial charge in [-0.25, -0.2) is 4.98 Å². The van der Waals surface area contributed by atoms with Crippen LogP contribution in [0.1, 0.15) is 0 Å².